The second-order valence-electron chi connectivity index (χ2n) is 6.34. The van der Waals surface area contributed by atoms with Gasteiger partial charge in [-0.15, -0.1) is 11.3 Å². The van der Waals surface area contributed by atoms with Crippen molar-refractivity contribution < 1.29 is 4.79 Å². The van der Waals surface area contributed by atoms with E-state index in [2.05, 4.69) is 10.3 Å². The number of nitrogens with one attached hydrogen (secondary N) is 1. The van der Waals surface area contributed by atoms with Gasteiger partial charge in [-0.05, 0) is 37.5 Å². The van der Waals surface area contributed by atoms with E-state index >= 15 is 0 Å². The number of fused-ring (bicyclic) bond motifs is 2. The number of amides is 1. The molecule has 2 aliphatic heterocycles. The lowest BCUT2D eigenvalue weighted by atomic mass is 10.1. The lowest BCUT2D eigenvalue weighted by Crippen LogP contribution is -2.39. The number of aromatic nitrogens is 1. The molecule has 4 nitrogen and oxygen atoms in total. The summed E-state index contributed by atoms with van der Waals surface area (Å²) in [4.78, 5) is 19.2. The smallest absolute Gasteiger partial charge is 0.273 e. The van der Waals surface area contributed by atoms with E-state index in [-0.39, 0.29) is 5.91 Å². The Bertz CT molecular complexity index is 779. The molecule has 2 fully saturated rings. The summed E-state index contributed by atoms with van der Waals surface area (Å²) >= 11 is 13.6. The van der Waals surface area contributed by atoms with Gasteiger partial charge in [0.2, 0.25) is 0 Å². The van der Waals surface area contributed by atoms with Gasteiger partial charge in [-0.3, -0.25) is 4.79 Å². The molecule has 3 heterocycles. The Morgan fingerprint density at radius 2 is 2.08 bits per heavy atom. The molecule has 2 unspecified atom stereocenters. The second-order valence-corrected chi connectivity index (χ2v) is 8.04. The first kappa shape index (κ1) is 16.3. The summed E-state index contributed by atoms with van der Waals surface area (Å²) in [5.41, 5.74) is 1.31. The van der Waals surface area contributed by atoms with Crippen molar-refractivity contribution in [1.82, 2.24) is 15.2 Å². The van der Waals surface area contributed by atoms with Gasteiger partial charge in [0.05, 0.1) is 5.02 Å². The fourth-order valence-electron chi connectivity index (χ4n) is 3.45. The van der Waals surface area contributed by atoms with Crippen molar-refractivity contribution in [3.8, 4) is 10.6 Å². The van der Waals surface area contributed by atoms with E-state index < -0.39 is 0 Å². The second kappa shape index (κ2) is 6.64. The first-order chi connectivity index (χ1) is 11.6. The fourth-order valence-corrected chi connectivity index (χ4v) is 4.83. The molecular weight excluding hydrogens is 365 g/mol. The van der Waals surface area contributed by atoms with E-state index in [1.165, 1.54) is 17.8 Å². The van der Waals surface area contributed by atoms with Crippen molar-refractivity contribution in [2.45, 2.75) is 31.3 Å². The number of carbonyl (C=O) groups excluding carboxylic acids is 1. The van der Waals surface area contributed by atoms with E-state index in [1.807, 2.05) is 16.3 Å². The van der Waals surface area contributed by atoms with Gasteiger partial charge < -0.3 is 10.2 Å². The molecule has 0 saturated carbocycles. The van der Waals surface area contributed by atoms with Crippen LogP contribution in [-0.2, 0) is 0 Å². The number of thiazole rings is 1. The average molecular weight is 382 g/mol. The van der Waals surface area contributed by atoms with E-state index in [0.29, 0.717) is 27.8 Å². The summed E-state index contributed by atoms with van der Waals surface area (Å²) in [5.74, 6) is 0.0111. The van der Waals surface area contributed by atoms with Crippen molar-refractivity contribution in [3.63, 3.8) is 0 Å². The number of hydrogen-bond donors (Lipinski definition) is 1. The van der Waals surface area contributed by atoms with Crippen molar-refractivity contribution in [1.29, 1.82) is 0 Å². The molecule has 2 atom stereocenters. The minimum Gasteiger partial charge on any atom is -0.336 e. The third-order valence-corrected chi connectivity index (χ3v) is 6.12. The maximum atomic E-state index is 12.8. The van der Waals surface area contributed by atoms with Crippen LogP contribution in [0.3, 0.4) is 0 Å². The standard InChI is InChI=1S/C17H17Cl2N3OS/c18-10-1-4-13(14(19)7-10)16-21-15(9-24-16)17(23)22-6-5-11-2-3-12(8-22)20-11/h1,4,7,9,11-12,20H,2-3,5-6,8H2. The zero-order valence-electron chi connectivity index (χ0n) is 13.0. The van der Waals surface area contributed by atoms with Crippen LogP contribution in [0.4, 0.5) is 0 Å². The number of nitrogens with zero attached hydrogens (tertiary/aromatic N) is 2. The highest BCUT2D eigenvalue weighted by atomic mass is 35.5. The lowest BCUT2D eigenvalue weighted by molar-refractivity contribution is 0.0743. The Labute approximate surface area is 154 Å². The van der Waals surface area contributed by atoms with Gasteiger partial charge in [0, 0.05) is 41.1 Å². The van der Waals surface area contributed by atoms with Crippen LogP contribution in [0.1, 0.15) is 29.8 Å². The lowest BCUT2D eigenvalue weighted by Gasteiger charge is -2.23. The Morgan fingerprint density at radius 1 is 1.25 bits per heavy atom. The summed E-state index contributed by atoms with van der Waals surface area (Å²) < 4.78 is 0. The minimum absolute atomic E-state index is 0.0111. The number of carbonyl (C=O) groups is 1. The maximum absolute atomic E-state index is 12.8. The molecule has 7 heteroatoms. The number of likely N-dealkylation sites (tertiary alicyclic amines) is 1. The predicted octanol–water partition coefficient (Wildman–Crippen LogP) is 4.08. The SMILES string of the molecule is O=C(c1csc(-c2ccc(Cl)cc2Cl)n1)N1CCC2CCC(C1)N2. The van der Waals surface area contributed by atoms with Gasteiger partial charge in [-0.1, -0.05) is 23.2 Å². The first-order valence-electron chi connectivity index (χ1n) is 8.06. The number of rotatable bonds is 2. The Morgan fingerprint density at radius 3 is 2.92 bits per heavy atom. The number of halogens is 2. The van der Waals surface area contributed by atoms with Crippen molar-refractivity contribution in [2.75, 3.05) is 13.1 Å². The molecule has 1 amide bonds. The summed E-state index contributed by atoms with van der Waals surface area (Å²) in [6.07, 6.45) is 3.39. The molecule has 1 N–H and O–H groups in total. The topological polar surface area (TPSA) is 45.2 Å². The monoisotopic (exact) mass is 381 g/mol. The van der Waals surface area contributed by atoms with Crippen LogP contribution < -0.4 is 5.32 Å². The van der Waals surface area contributed by atoms with Crippen LogP contribution in [0, 0.1) is 0 Å². The van der Waals surface area contributed by atoms with Crippen LogP contribution in [0.5, 0.6) is 0 Å². The molecule has 2 aromatic rings. The zero-order chi connectivity index (χ0) is 16.7. The summed E-state index contributed by atoms with van der Waals surface area (Å²) in [6.45, 7) is 1.56. The Hall–Kier alpha value is -1.14. The van der Waals surface area contributed by atoms with Crippen LogP contribution in [0.15, 0.2) is 23.6 Å². The summed E-state index contributed by atoms with van der Waals surface area (Å²) in [7, 11) is 0. The van der Waals surface area contributed by atoms with Gasteiger partial charge in [-0.25, -0.2) is 4.98 Å². The molecule has 2 bridgehead atoms. The average Bonchev–Trinajstić information content (AvgIpc) is 3.13. The largest absolute Gasteiger partial charge is 0.336 e. The van der Waals surface area contributed by atoms with E-state index in [0.717, 1.165) is 36.5 Å². The Balaban J connectivity index is 1.54. The fraction of sp³-hybridized carbons (Fsp3) is 0.412. The predicted molar refractivity (Wildman–Crippen MR) is 98.0 cm³/mol. The van der Waals surface area contributed by atoms with Gasteiger partial charge in [0.25, 0.3) is 5.91 Å². The molecule has 2 aliphatic rings. The van der Waals surface area contributed by atoms with Gasteiger partial charge in [0.1, 0.15) is 10.7 Å². The van der Waals surface area contributed by atoms with Crippen molar-refractivity contribution in [2.24, 2.45) is 0 Å². The maximum Gasteiger partial charge on any atom is 0.273 e. The molecule has 4 rings (SSSR count). The third kappa shape index (κ3) is 3.18. The first-order valence-corrected chi connectivity index (χ1v) is 9.70. The minimum atomic E-state index is 0.0111. The van der Waals surface area contributed by atoms with E-state index in [4.69, 9.17) is 23.2 Å². The highest BCUT2D eigenvalue weighted by Crippen LogP contribution is 2.32. The van der Waals surface area contributed by atoms with E-state index in [1.54, 1.807) is 12.1 Å². The number of benzene rings is 1. The normalized spacial score (nSPS) is 23.3. The molecule has 126 valence electrons. The molecule has 1 aromatic carbocycles. The van der Waals surface area contributed by atoms with Crippen LogP contribution in [-0.4, -0.2) is 41.0 Å². The van der Waals surface area contributed by atoms with Gasteiger partial charge in [-0.2, -0.15) is 0 Å². The molecule has 0 aliphatic carbocycles. The van der Waals surface area contributed by atoms with Crippen LogP contribution in [0.25, 0.3) is 10.6 Å². The summed E-state index contributed by atoms with van der Waals surface area (Å²) in [6, 6.07) is 6.30. The van der Waals surface area contributed by atoms with Crippen molar-refractivity contribution >= 4 is 40.4 Å². The highest BCUT2D eigenvalue weighted by Gasteiger charge is 2.32. The van der Waals surface area contributed by atoms with E-state index in [9.17, 15) is 4.79 Å². The molecular formula is C17H17Cl2N3OS. The highest BCUT2D eigenvalue weighted by molar-refractivity contribution is 7.13. The molecule has 0 radical (unpaired) electrons. The van der Waals surface area contributed by atoms with Gasteiger partial charge >= 0.3 is 0 Å². The number of hydrogen-bond acceptors (Lipinski definition) is 4. The van der Waals surface area contributed by atoms with Crippen LogP contribution >= 0.6 is 34.5 Å². The zero-order valence-corrected chi connectivity index (χ0v) is 15.3. The van der Waals surface area contributed by atoms with Crippen LogP contribution in [0.2, 0.25) is 10.0 Å². The van der Waals surface area contributed by atoms with Crippen molar-refractivity contribution in [3.05, 3.63) is 39.3 Å². The Kier molecular flexibility index (Phi) is 4.52. The molecule has 2 saturated heterocycles. The van der Waals surface area contributed by atoms with Gasteiger partial charge in [0.15, 0.2) is 0 Å². The quantitative estimate of drug-likeness (QED) is 0.851. The summed E-state index contributed by atoms with van der Waals surface area (Å²) in [5, 5.41) is 7.29. The molecule has 0 spiro atoms. The third-order valence-electron chi connectivity index (χ3n) is 4.70. The molecule has 24 heavy (non-hydrogen) atoms. The molecule has 1 aromatic heterocycles.